The average Bonchev–Trinajstić information content (AvgIpc) is 3.27. The topological polar surface area (TPSA) is 32.8 Å². The third-order valence-electron chi connectivity index (χ3n) is 4.94. The minimum atomic E-state index is -4.22. The third-order valence-corrected chi connectivity index (χ3v) is 4.94. The molecule has 1 saturated carbocycles. The van der Waals surface area contributed by atoms with Crippen LogP contribution in [-0.4, -0.2) is 59.9 Å². The van der Waals surface area contributed by atoms with Gasteiger partial charge in [-0.25, -0.2) is 4.79 Å². The number of carbonyl (C=O) groups excluding carboxylic acids is 1. The van der Waals surface area contributed by atoms with Gasteiger partial charge in [-0.05, 0) is 32.8 Å². The second-order valence-electron chi connectivity index (χ2n) is 8.62. The molecule has 4 nitrogen and oxygen atoms in total. The second-order valence-corrected chi connectivity index (χ2v) is 8.62. The highest BCUT2D eigenvalue weighted by Crippen LogP contribution is 2.46. The van der Waals surface area contributed by atoms with Crippen LogP contribution in [0.5, 0.6) is 0 Å². The highest BCUT2D eigenvalue weighted by molar-refractivity contribution is 5.69. The minimum absolute atomic E-state index is 0.0527. The first-order valence-electron chi connectivity index (χ1n) is 9.35. The molecular weight excluding hydrogens is 357 g/mol. The van der Waals surface area contributed by atoms with Crippen molar-refractivity contribution in [1.82, 2.24) is 9.80 Å². The number of rotatable bonds is 5. The van der Waals surface area contributed by atoms with Crippen molar-refractivity contribution in [2.45, 2.75) is 50.9 Å². The molecule has 1 heterocycles. The Bertz CT molecular complexity index is 651. The van der Waals surface area contributed by atoms with Gasteiger partial charge in [0.15, 0.2) is 0 Å². The summed E-state index contributed by atoms with van der Waals surface area (Å²) in [6.45, 7) is 5.74. The van der Waals surface area contributed by atoms with E-state index in [9.17, 15) is 18.0 Å². The molecule has 2 aliphatic rings. The fourth-order valence-electron chi connectivity index (χ4n) is 3.68. The molecule has 1 aliphatic carbocycles. The maximum absolute atomic E-state index is 13.1. The number of amides is 1. The summed E-state index contributed by atoms with van der Waals surface area (Å²) in [5, 5.41) is 0. The monoisotopic (exact) mass is 384 g/mol. The number of halogens is 3. The van der Waals surface area contributed by atoms with Gasteiger partial charge >= 0.3 is 12.3 Å². The summed E-state index contributed by atoms with van der Waals surface area (Å²) in [6, 6.07) is 9.62. The van der Waals surface area contributed by atoms with Gasteiger partial charge in [0.25, 0.3) is 0 Å². The van der Waals surface area contributed by atoms with Gasteiger partial charge in [0.2, 0.25) is 0 Å². The highest BCUT2D eigenvalue weighted by atomic mass is 19.4. The van der Waals surface area contributed by atoms with Crippen molar-refractivity contribution in [2.75, 3.05) is 26.2 Å². The maximum atomic E-state index is 13.1. The Labute approximate surface area is 158 Å². The zero-order valence-corrected chi connectivity index (χ0v) is 16.0. The Balaban J connectivity index is 1.54. The quantitative estimate of drug-likeness (QED) is 0.760. The van der Waals surface area contributed by atoms with Crippen LogP contribution in [0.1, 0.15) is 38.7 Å². The number of nitrogens with zero attached hydrogens (tertiary/aromatic N) is 2. The number of benzene rings is 1. The van der Waals surface area contributed by atoms with Crippen LogP contribution >= 0.6 is 0 Å². The molecule has 0 spiro atoms. The summed E-state index contributed by atoms with van der Waals surface area (Å²) >= 11 is 0. The van der Waals surface area contributed by atoms with Crippen LogP contribution in [0.4, 0.5) is 18.0 Å². The minimum Gasteiger partial charge on any atom is -0.444 e. The number of carbonyl (C=O) groups is 1. The molecule has 1 aromatic carbocycles. The molecule has 0 bridgehead atoms. The van der Waals surface area contributed by atoms with Crippen molar-refractivity contribution >= 4 is 6.09 Å². The number of hydrogen-bond acceptors (Lipinski definition) is 3. The van der Waals surface area contributed by atoms with Gasteiger partial charge in [0.1, 0.15) is 5.60 Å². The Morgan fingerprint density at radius 3 is 2.37 bits per heavy atom. The lowest BCUT2D eigenvalue weighted by Crippen LogP contribution is -2.55. The summed E-state index contributed by atoms with van der Waals surface area (Å²) in [6.07, 6.45) is -3.87. The zero-order valence-electron chi connectivity index (χ0n) is 16.0. The lowest BCUT2D eigenvalue weighted by Gasteiger charge is -2.42. The summed E-state index contributed by atoms with van der Waals surface area (Å²) in [4.78, 5) is 15.1. The molecule has 0 N–H and O–H groups in total. The molecule has 7 heteroatoms. The number of alkyl halides is 3. The third kappa shape index (κ3) is 5.61. The lowest BCUT2D eigenvalue weighted by molar-refractivity contribution is -0.150. The van der Waals surface area contributed by atoms with Crippen molar-refractivity contribution in [3.8, 4) is 0 Å². The molecule has 0 radical (unpaired) electrons. The summed E-state index contributed by atoms with van der Waals surface area (Å²) in [7, 11) is 0. The lowest BCUT2D eigenvalue weighted by atomic mass is 9.99. The second kappa shape index (κ2) is 7.34. The predicted molar refractivity (Wildman–Crippen MR) is 96.5 cm³/mol. The standard InChI is InChI=1S/C20H27F3N2O2/c1-19(2,3)27-18(26)24-10-14(11-24)12-25(13-20(21,22)23)17-9-16(17)15-7-5-4-6-8-15/h4-8,14,16-17H,9-13H2,1-3H3/t16-,17+/m0/s1. The molecule has 0 aromatic heterocycles. The molecular formula is C20H27F3N2O2. The smallest absolute Gasteiger partial charge is 0.410 e. The largest absolute Gasteiger partial charge is 0.444 e. The van der Waals surface area contributed by atoms with Gasteiger partial charge in [-0.2, -0.15) is 13.2 Å². The van der Waals surface area contributed by atoms with Crippen LogP contribution < -0.4 is 0 Å². The van der Waals surface area contributed by atoms with Crippen molar-refractivity contribution in [2.24, 2.45) is 5.92 Å². The SMILES string of the molecule is CC(C)(C)OC(=O)N1CC(CN(CC(F)(F)F)[C@@H]2C[C@H]2c2ccccc2)C1. The van der Waals surface area contributed by atoms with Crippen molar-refractivity contribution in [3.63, 3.8) is 0 Å². The summed E-state index contributed by atoms with van der Waals surface area (Å²) < 4.78 is 44.5. The van der Waals surface area contributed by atoms with E-state index < -0.39 is 24.4 Å². The van der Waals surface area contributed by atoms with E-state index in [1.165, 1.54) is 0 Å². The fraction of sp³-hybridized carbons (Fsp3) is 0.650. The molecule has 1 aliphatic heterocycles. The summed E-state index contributed by atoms with van der Waals surface area (Å²) in [5.74, 6) is 0.215. The summed E-state index contributed by atoms with van der Waals surface area (Å²) in [5.41, 5.74) is 0.528. The van der Waals surface area contributed by atoms with Crippen molar-refractivity contribution in [1.29, 1.82) is 0 Å². The van der Waals surface area contributed by atoms with Gasteiger partial charge in [-0.1, -0.05) is 30.3 Å². The van der Waals surface area contributed by atoms with Crippen LogP contribution in [-0.2, 0) is 4.74 Å². The van der Waals surface area contributed by atoms with E-state index in [0.717, 1.165) is 12.0 Å². The van der Waals surface area contributed by atoms with Crippen LogP contribution in [0, 0.1) is 5.92 Å². The number of hydrogen-bond donors (Lipinski definition) is 0. The van der Waals surface area contributed by atoms with Crippen LogP contribution in [0.2, 0.25) is 0 Å². The zero-order chi connectivity index (χ0) is 19.8. The maximum Gasteiger partial charge on any atom is 0.410 e. The van der Waals surface area contributed by atoms with Crippen LogP contribution in [0.3, 0.4) is 0 Å². The van der Waals surface area contributed by atoms with Crippen molar-refractivity contribution < 1.29 is 22.7 Å². The van der Waals surface area contributed by atoms with E-state index in [4.69, 9.17) is 4.74 Å². The number of likely N-dealkylation sites (tertiary alicyclic amines) is 1. The highest BCUT2D eigenvalue weighted by Gasteiger charge is 2.47. The van der Waals surface area contributed by atoms with Crippen molar-refractivity contribution in [3.05, 3.63) is 35.9 Å². The normalized spacial score (nSPS) is 23.3. The van der Waals surface area contributed by atoms with Crippen LogP contribution in [0.25, 0.3) is 0 Å². The molecule has 1 aromatic rings. The molecule has 2 atom stereocenters. The van der Waals surface area contributed by atoms with Gasteiger partial charge < -0.3 is 9.64 Å². The number of ether oxygens (including phenoxy) is 1. The van der Waals surface area contributed by atoms with Gasteiger partial charge in [0.05, 0.1) is 6.54 Å². The molecule has 3 rings (SSSR count). The van der Waals surface area contributed by atoms with Crippen LogP contribution in [0.15, 0.2) is 30.3 Å². The molecule has 27 heavy (non-hydrogen) atoms. The Morgan fingerprint density at radius 1 is 1.19 bits per heavy atom. The van der Waals surface area contributed by atoms with E-state index in [1.807, 2.05) is 30.3 Å². The Hall–Kier alpha value is -1.76. The van der Waals surface area contributed by atoms with Gasteiger partial charge in [-0.3, -0.25) is 4.90 Å². The fourth-order valence-corrected chi connectivity index (χ4v) is 3.68. The van der Waals surface area contributed by atoms with Gasteiger partial charge in [-0.15, -0.1) is 0 Å². The average molecular weight is 384 g/mol. The molecule has 1 amide bonds. The molecule has 0 unspecified atom stereocenters. The Morgan fingerprint density at radius 2 is 1.81 bits per heavy atom. The molecule has 2 fully saturated rings. The first-order chi connectivity index (χ1) is 12.5. The van der Waals surface area contributed by atoms with E-state index in [2.05, 4.69) is 0 Å². The first kappa shape index (κ1) is 20.0. The first-order valence-corrected chi connectivity index (χ1v) is 9.35. The Kier molecular flexibility index (Phi) is 5.43. The molecule has 150 valence electrons. The van der Waals surface area contributed by atoms with E-state index >= 15 is 0 Å². The van der Waals surface area contributed by atoms with E-state index in [-0.39, 0.29) is 17.9 Å². The van der Waals surface area contributed by atoms with Gasteiger partial charge in [0, 0.05) is 37.5 Å². The predicted octanol–water partition coefficient (Wildman–Crippen LogP) is 4.27. The molecule has 1 saturated heterocycles. The van der Waals surface area contributed by atoms with E-state index in [1.54, 1.807) is 30.6 Å². The van der Waals surface area contributed by atoms with E-state index in [0.29, 0.717) is 19.6 Å².